The van der Waals surface area contributed by atoms with Gasteiger partial charge in [-0.25, -0.2) is 4.79 Å². The van der Waals surface area contributed by atoms with Gasteiger partial charge in [-0.1, -0.05) is 30.3 Å². The predicted molar refractivity (Wildman–Crippen MR) is 75.9 cm³/mol. The summed E-state index contributed by atoms with van der Waals surface area (Å²) in [6.07, 6.45) is 1.80. The Bertz CT molecular complexity index is 646. The summed E-state index contributed by atoms with van der Waals surface area (Å²) in [7, 11) is 1.41. The van der Waals surface area contributed by atoms with Gasteiger partial charge in [-0.3, -0.25) is 20.0 Å². The number of anilines is 1. The zero-order valence-corrected chi connectivity index (χ0v) is 11.3. The van der Waals surface area contributed by atoms with Crippen LogP contribution in [0, 0.1) is 10.1 Å². The van der Waals surface area contributed by atoms with Crippen molar-refractivity contribution < 1.29 is 14.5 Å². The van der Waals surface area contributed by atoms with Crippen LogP contribution in [-0.2, 0) is 11.3 Å². The molecule has 7 heteroatoms. The summed E-state index contributed by atoms with van der Waals surface area (Å²) in [6.45, 7) is 0.100. The van der Waals surface area contributed by atoms with Gasteiger partial charge in [0.05, 0.1) is 4.92 Å². The van der Waals surface area contributed by atoms with E-state index in [2.05, 4.69) is 4.98 Å². The first kappa shape index (κ1) is 14.4. The molecule has 7 nitrogen and oxygen atoms in total. The second kappa shape index (κ2) is 6.47. The topological polar surface area (TPSA) is 85.6 Å². The highest BCUT2D eigenvalue weighted by molar-refractivity contribution is 5.89. The number of pyridine rings is 1. The van der Waals surface area contributed by atoms with Crippen molar-refractivity contribution in [3.63, 3.8) is 0 Å². The van der Waals surface area contributed by atoms with E-state index in [0.29, 0.717) is 0 Å². The van der Waals surface area contributed by atoms with E-state index in [1.54, 1.807) is 0 Å². The second-order valence-electron chi connectivity index (χ2n) is 4.22. The van der Waals surface area contributed by atoms with E-state index in [-0.39, 0.29) is 18.0 Å². The number of hydrogen-bond acceptors (Lipinski definition) is 5. The monoisotopic (exact) mass is 287 g/mol. The minimum absolute atomic E-state index is 0.100. The number of nitrogens with zero attached hydrogens (tertiary/aromatic N) is 3. The predicted octanol–water partition coefficient (Wildman–Crippen LogP) is 2.76. The van der Waals surface area contributed by atoms with Gasteiger partial charge in [-0.2, -0.15) is 0 Å². The summed E-state index contributed by atoms with van der Waals surface area (Å²) >= 11 is 0. The Balaban J connectivity index is 2.08. The Morgan fingerprint density at radius 2 is 2.05 bits per heavy atom. The van der Waals surface area contributed by atoms with Crippen LogP contribution in [-0.4, -0.2) is 23.0 Å². The molecule has 1 aromatic carbocycles. The molecular formula is C14H13N3O4. The average Bonchev–Trinajstić information content (AvgIpc) is 2.52. The Kier molecular flexibility index (Phi) is 4.45. The van der Waals surface area contributed by atoms with E-state index >= 15 is 0 Å². The van der Waals surface area contributed by atoms with Gasteiger partial charge in [0.1, 0.15) is 18.5 Å². The van der Waals surface area contributed by atoms with Crippen molar-refractivity contribution in [1.82, 2.24) is 4.98 Å². The zero-order valence-electron chi connectivity index (χ0n) is 11.3. The molecule has 108 valence electrons. The molecule has 1 aromatic heterocycles. The molecule has 0 unspecified atom stereocenters. The third kappa shape index (κ3) is 3.53. The highest BCUT2D eigenvalue weighted by Crippen LogP contribution is 2.25. The van der Waals surface area contributed by atoms with Crippen LogP contribution in [0.3, 0.4) is 0 Å². The molecule has 0 aliphatic rings. The van der Waals surface area contributed by atoms with Crippen molar-refractivity contribution in [2.45, 2.75) is 6.61 Å². The largest absolute Gasteiger partial charge is 0.444 e. The van der Waals surface area contributed by atoms with Crippen LogP contribution >= 0.6 is 0 Å². The molecule has 0 saturated carbocycles. The average molecular weight is 287 g/mol. The molecule has 0 fully saturated rings. The summed E-state index contributed by atoms with van der Waals surface area (Å²) in [5.41, 5.74) is 0.716. The highest BCUT2D eigenvalue weighted by atomic mass is 16.6. The number of amides is 1. The molecule has 2 rings (SSSR count). The third-order valence-corrected chi connectivity index (χ3v) is 2.81. The standard InChI is InChI=1S/C14H13N3O4/c1-16(12-7-8-15-9-13(12)17(19)20)14(18)21-10-11-5-3-2-4-6-11/h2-9H,10H2,1H3. The van der Waals surface area contributed by atoms with Gasteiger partial charge in [-0.05, 0) is 11.6 Å². The normalized spacial score (nSPS) is 9.95. The fourth-order valence-corrected chi connectivity index (χ4v) is 1.72. The van der Waals surface area contributed by atoms with Gasteiger partial charge in [-0.15, -0.1) is 0 Å². The minimum Gasteiger partial charge on any atom is -0.444 e. The first-order chi connectivity index (χ1) is 10.1. The maximum atomic E-state index is 12.0. The molecule has 0 aliphatic carbocycles. The summed E-state index contributed by atoms with van der Waals surface area (Å²) in [5.74, 6) is 0. The zero-order chi connectivity index (χ0) is 15.2. The molecule has 0 N–H and O–H groups in total. The lowest BCUT2D eigenvalue weighted by Gasteiger charge is -2.16. The van der Waals surface area contributed by atoms with Gasteiger partial charge >= 0.3 is 11.8 Å². The number of aromatic nitrogens is 1. The molecule has 0 radical (unpaired) electrons. The first-order valence-electron chi connectivity index (χ1n) is 6.12. The Labute approximate surface area is 120 Å². The van der Waals surface area contributed by atoms with Gasteiger partial charge in [0.15, 0.2) is 0 Å². The quantitative estimate of drug-likeness (QED) is 0.637. The number of benzene rings is 1. The van der Waals surface area contributed by atoms with Crippen molar-refractivity contribution >= 4 is 17.5 Å². The third-order valence-electron chi connectivity index (χ3n) is 2.81. The molecule has 2 aromatic rings. The van der Waals surface area contributed by atoms with Crippen molar-refractivity contribution in [3.8, 4) is 0 Å². The van der Waals surface area contributed by atoms with Crippen molar-refractivity contribution in [3.05, 3.63) is 64.5 Å². The van der Waals surface area contributed by atoms with Crippen LogP contribution in [0.5, 0.6) is 0 Å². The lowest BCUT2D eigenvalue weighted by molar-refractivity contribution is -0.384. The maximum absolute atomic E-state index is 12.0. The maximum Gasteiger partial charge on any atom is 0.414 e. The van der Waals surface area contributed by atoms with Crippen LogP contribution in [0.25, 0.3) is 0 Å². The van der Waals surface area contributed by atoms with E-state index in [1.807, 2.05) is 30.3 Å². The molecular weight excluding hydrogens is 274 g/mol. The van der Waals surface area contributed by atoms with Crippen molar-refractivity contribution in [1.29, 1.82) is 0 Å². The minimum atomic E-state index is -0.673. The van der Waals surface area contributed by atoms with Crippen LogP contribution in [0.2, 0.25) is 0 Å². The number of nitro groups is 1. The summed E-state index contributed by atoms with van der Waals surface area (Å²) in [6, 6.07) is 10.6. The smallest absolute Gasteiger partial charge is 0.414 e. The number of carbonyl (C=O) groups is 1. The number of carbonyl (C=O) groups excluding carboxylic acids is 1. The Hall–Kier alpha value is -2.96. The van der Waals surface area contributed by atoms with Crippen LogP contribution in [0.15, 0.2) is 48.8 Å². The fraction of sp³-hybridized carbons (Fsp3) is 0.143. The first-order valence-corrected chi connectivity index (χ1v) is 6.12. The highest BCUT2D eigenvalue weighted by Gasteiger charge is 2.22. The Morgan fingerprint density at radius 1 is 1.33 bits per heavy atom. The molecule has 0 saturated heterocycles. The summed E-state index contributed by atoms with van der Waals surface area (Å²) in [5, 5.41) is 10.9. The second-order valence-corrected chi connectivity index (χ2v) is 4.22. The SMILES string of the molecule is CN(C(=O)OCc1ccccc1)c1ccncc1[N+](=O)[O-]. The van der Waals surface area contributed by atoms with Gasteiger partial charge in [0.25, 0.3) is 0 Å². The number of hydrogen-bond donors (Lipinski definition) is 0. The molecule has 0 atom stereocenters. The van der Waals surface area contributed by atoms with Gasteiger partial charge in [0.2, 0.25) is 0 Å². The van der Waals surface area contributed by atoms with Crippen LogP contribution in [0.1, 0.15) is 5.56 Å². The fourth-order valence-electron chi connectivity index (χ4n) is 1.72. The summed E-state index contributed by atoms with van der Waals surface area (Å²) in [4.78, 5) is 27.0. The number of rotatable bonds is 4. The summed E-state index contributed by atoms with van der Waals surface area (Å²) < 4.78 is 5.12. The van der Waals surface area contributed by atoms with Crippen LogP contribution < -0.4 is 4.90 Å². The molecule has 0 aliphatic heterocycles. The van der Waals surface area contributed by atoms with E-state index in [4.69, 9.17) is 4.74 Å². The van der Waals surface area contributed by atoms with Gasteiger partial charge < -0.3 is 4.74 Å². The van der Waals surface area contributed by atoms with Crippen molar-refractivity contribution in [2.24, 2.45) is 0 Å². The molecule has 0 spiro atoms. The molecule has 1 amide bonds. The molecule has 0 bridgehead atoms. The van der Waals surface area contributed by atoms with Crippen LogP contribution in [0.4, 0.5) is 16.2 Å². The van der Waals surface area contributed by atoms with E-state index in [0.717, 1.165) is 16.7 Å². The van der Waals surface area contributed by atoms with Crippen molar-refractivity contribution in [2.75, 3.05) is 11.9 Å². The lowest BCUT2D eigenvalue weighted by Crippen LogP contribution is -2.27. The van der Waals surface area contributed by atoms with E-state index in [9.17, 15) is 14.9 Å². The van der Waals surface area contributed by atoms with Gasteiger partial charge in [0, 0.05) is 13.2 Å². The lowest BCUT2D eigenvalue weighted by atomic mass is 10.2. The van der Waals surface area contributed by atoms with E-state index < -0.39 is 11.0 Å². The molecule has 1 heterocycles. The Morgan fingerprint density at radius 3 is 2.71 bits per heavy atom. The number of ether oxygens (including phenoxy) is 1. The molecule has 21 heavy (non-hydrogen) atoms. The van der Waals surface area contributed by atoms with E-state index in [1.165, 1.54) is 19.3 Å².